The minimum Gasteiger partial charge on any atom is -0.383 e. The molecule has 0 unspecified atom stereocenters. The fourth-order valence-electron chi connectivity index (χ4n) is 1.77. The van der Waals surface area contributed by atoms with Crippen LogP contribution in [0.15, 0.2) is 18.2 Å². The van der Waals surface area contributed by atoms with Gasteiger partial charge in [-0.05, 0) is 29.5 Å². The van der Waals surface area contributed by atoms with Crippen LogP contribution < -0.4 is 5.32 Å². The largest absolute Gasteiger partial charge is 0.383 e. The van der Waals surface area contributed by atoms with E-state index in [1.165, 1.54) is 11.1 Å². The number of amides is 1. The lowest BCUT2D eigenvalue weighted by atomic mass is 9.96. The first kappa shape index (κ1) is 14.7. The molecule has 1 rings (SSSR count). The number of methoxy groups -OCH3 is 1. The number of carbonyl (C=O) groups is 1. The van der Waals surface area contributed by atoms with Gasteiger partial charge in [-0.2, -0.15) is 0 Å². The molecule has 1 amide bonds. The van der Waals surface area contributed by atoms with Gasteiger partial charge in [0.15, 0.2) is 0 Å². The highest BCUT2D eigenvalue weighted by atomic mass is 16.5. The summed E-state index contributed by atoms with van der Waals surface area (Å²) in [6.45, 7) is 7.48. The van der Waals surface area contributed by atoms with Crippen molar-refractivity contribution >= 4 is 5.91 Å². The summed E-state index contributed by atoms with van der Waals surface area (Å²) in [5, 5.41) is 2.84. The van der Waals surface area contributed by atoms with Crippen LogP contribution in [0.4, 0.5) is 0 Å². The Hall–Kier alpha value is -1.35. The Morgan fingerprint density at radius 1 is 1.39 bits per heavy atom. The molecular formula is C15H23NO2. The highest BCUT2D eigenvalue weighted by molar-refractivity contribution is 5.79. The molecule has 1 aromatic rings. The first-order valence-corrected chi connectivity index (χ1v) is 6.39. The van der Waals surface area contributed by atoms with Crippen molar-refractivity contribution in [2.45, 2.75) is 33.1 Å². The fraction of sp³-hybridized carbons (Fsp3) is 0.533. The third-order valence-electron chi connectivity index (χ3n) is 3.02. The quantitative estimate of drug-likeness (QED) is 0.786. The van der Waals surface area contributed by atoms with Crippen LogP contribution >= 0.6 is 0 Å². The summed E-state index contributed by atoms with van der Waals surface area (Å²) >= 11 is 0. The van der Waals surface area contributed by atoms with E-state index in [9.17, 15) is 4.79 Å². The number of carbonyl (C=O) groups excluding carboxylic acids is 1. The minimum atomic E-state index is 0.0519. The maximum atomic E-state index is 11.8. The van der Waals surface area contributed by atoms with E-state index in [1.54, 1.807) is 7.11 Å². The molecule has 0 atom stereocenters. The van der Waals surface area contributed by atoms with Crippen LogP contribution in [-0.2, 0) is 16.0 Å². The number of ether oxygens (including phenoxy) is 1. The first-order valence-electron chi connectivity index (χ1n) is 6.39. The Labute approximate surface area is 110 Å². The Balaban J connectivity index is 2.65. The molecule has 0 saturated heterocycles. The standard InChI is InChI=1S/C15H23NO2/c1-11(2)13-6-5-12(3)14(9-13)10-15(17)16-7-8-18-4/h5-6,9,11H,7-8,10H2,1-4H3,(H,16,17). The van der Waals surface area contributed by atoms with Gasteiger partial charge in [0.2, 0.25) is 5.91 Å². The molecule has 0 fully saturated rings. The molecule has 0 aliphatic rings. The first-order chi connectivity index (χ1) is 8.54. The molecule has 0 aliphatic carbocycles. The predicted octanol–water partition coefficient (Wildman–Crippen LogP) is 2.42. The number of hydrogen-bond acceptors (Lipinski definition) is 2. The topological polar surface area (TPSA) is 38.3 Å². The molecule has 0 aromatic heterocycles. The molecule has 100 valence electrons. The summed E-state index contributed by atoms with van der Waals surface area (Å²) in [5.74, 6) is 0.539. The number of rotatable bonds is 6. The third kappa shape index (κ3) is 4.49. The predicted molar refractivity (Wildman–Crippen MR) is 73.9 cm³/mol. The van der Waals surface area contributed by atoms with Crippen molar-refractivity contribution in [3.8, 4) is 0 Å². The minimum absolute atomic E-state index is 0.0519. The maximum Gasteiger partial charge on any atom is 0.224 e. The second kappa shape index (κ2) is 7.17. The smallest absolute Gasteiger partial charge is 0.224 e. The zero-order chi connectivity index (χ0) is 13.5. The van der Waals surface area contributed by atoms with Gasteiger partial charge in [0, 0.05) is 13.7 Å². The lowest BCUT2D eigenvalue weighted by molar-refractivity contribution is -0.120. The SMILES string of the molecule is COCCNC(=O)Cc1cc(C(C)C)ccc1C. The van der Waals surface area contributed by atoms with E-state index >= 15 is 0 Å². The van der Waals surface area contributed by atoms with Crippen LogP contribution in [0.5, 0.6) is 0 Å². The zero-order valence-corrected chi connectivity index (χ0v) is 11.7. The molecule has 0 radical (unpaired) electrons. The Bertz CT molecular complexity index is 399. The molecule has 0 aliphatic heterocycles. The second-order valence-corrected chi connectivity index (χ2v) is 4.86. The van der Waals surface area contributed by atoms with Crippen LogP contribution in [0, 0.1) is 6.92 Å². The molecule has 0 saturated carbocycles. The number of benzene rings is 1. The number of nitrogens with one attached hydrogen (secondary N) is 1. The third-order valence-corrected chi connectivity index (χ3v) is 3.02. The van der Waals surface area contributed by atoms with Crippen molar-refractivity contribution < 1.29 is 9.53 Å². The van der Waals surface area contributed by atoms with Crippen molar-refractivity contribution in [1.82, 2.24) is 5.32 Å². The van der Waals surface area contributed by atoms with E-state index in [0.717, 1.165) is 5.56 Å². The molecular weight excluding hydrogens is 226 g/mol. The second-order valence-electron chi connectivity index (χ2n) is 4.86. The van der Waals surface area contributed by atoms with E-state index in [-0.39, 0.29) is 5.91 Å². The fourth-order valence-corrected chi connectivity index (χ4v) is 1.77. The van der Waals surface area contributed by atoms with Gasteiger partial charge in [0.25, 0.3) is 0 Å². The average Bonchev–Trinajstić information content (AvgIpc) is 2.32. The van der Waals surface area contributed by atoms with E-state index in [1.807, 2.05) is 6.92 Å². The van der Waals surface area contributed by atoms with Gasteiger partial charge in [-0.15, -0.1) is 0 Å². The molecule has 3 nitrogen and oxygen atoms in total. The van der Waals surface area contributed by atoms with Crippen LogP contribution in [0.2, 0.25) is 0 Å². The lowest BCUT2D eigenvalue weighted by Gasteiger charge is -2.11. The van der Waals surface area contributed by atoms with Crippen molar-refractivity contribution in [1.29, 1.82) is 0 Å². The molecule has 0 heterocycles. The number of hydrogen-bond donors (Lipinski definition) is 1. The maximum absolute atomic E-state index is 11.8. The van der Waals surface area contributed by atoms with Crippen molar-refractivity contribution in [3.05, 3.63) is 34.9 Å². The summed E-state index contributed by atoms with van der Waals surface area (Å²) in [6, 6.07) is 6.36. The van der Waals surface area contributed by atoms with Gasteiger partial charge < -0.3 is 10.1 Å². The molecule has 1 N–H and O–H groups in total. The molecule has 0 spiro atoms. The van der Waals surface area contributed by atoms with Crippen LogP contribution in [0.1, 0.15) is 36.5 Å². The average molecular weight is 249 g/mol. The molecule has 3 heteroatoms. The van der Waals surface area contributed by atoms with Gasteiger partial charge in [-0.1, -0.05) is 32.0 Å². The lowest BCUT2D eigenvalue weighted by Crippen LogP contribution is -2.28. The zero-order valence-electron chi connectivity index (χ0n) is 11.7. The highest BCUT2D eigenvalue weighted by Crippen LogP contribution is 2.18. The summed E-state index contributed by atoms with van der Waals surface area (Å²) in [5.41, 5.74) is 3.55. The number of aryl methyl sites for hydroxylation is 1. The Morgan fingerprint density at radius 2 is 2.11 bits per heavy atom. The monoisotopic (exact) mass is 249 g/mol. The van der Waals surface area contributed by atoms with Crippen molar-refractivity contribution in [2.24, 2.45) is 0 Å². The van der Waals surface area contributed by atoms with Gasteiger partial charge in [0.1, 0.15) is 0 Å². The summed E-state index contributed by atoms with van der Waals surface area (Å²) in [6.07, 6.45) is 0.441. The van der Waals surface area contributed by atoms with Gasteiger partial charge in [0.05, 0.1) is 13.0 Å². The molecule has 0 bridgehead atoms. The Kier molecular flexibility index (Phi) is 5.86. The summed E-state index contributed by atoms with van der Waals surface area (Å²) in [7, 11) is 1.63. The Morgan fingerprint density at radius 3 is 2.72 bits per heavy atom. The molecule has 18 heavy (non-hydrogen) atoms. The summed E-state index contributed by atoms with van der Waals surface area (Å²) < 4.78 is 4.90. The normalized spacial score (nSPS) is 10.7. The van der Waals surface area contributed by atoms with Crippen LogP contribution in [0.25, 0.3) is 0 Å². The molecule has 1 aromatic carbocycles. The van der Waals surface area contributed by atoms with Gasteiger partial charge in [-0.25, -0.2) is 0 Å². The van der Waals surface area contributed by atoms with Crippen LogP contribution in [0.3, 0.4) is 0 Å². The van der Waals surface area contributed by atoms with Crippen molar-refractivity contribution in [3.63, 3.8) is 0 Å². The van der Waals surface area contributed by atoms with Crippen LogP contribution in [-0.4, -0.2) is 26.2 Å². The van der Waals surface area contributed by atoms with Crippen molar-refractivity contribution in [2.75, 3.05) is 20.3 Å². The highest BCUT2D eigenvalue weighted by Gasteiger charge is 2.08. The van der Waals surface area contributed by atoms with E-state index in [0.29, 0.717) is 25.5 Å². The van der Waals surface area contributed by atoms with E-state index in [2.05, 4.69) is 37.4 Å². The summed E-state index contributed by atoms with van der Waals surface area (Å²) in [4.78, 5) is 11.8. The van der Waals surface area contributed by atoms with E-state index < -0.39 is 0 Å². The van der Waals surface area contributed by atoms with E-state index in [4.69, 9.17) is 4.74 Å². The van der Waals surface area contributed by atoms with Gasteiger partial charge >= 0.3 is 0 Å². The van der Waals surface area contributed by atoms with Gasteiger partial charge in [-0.3, -0.25) is 4.79 Å².